The van der Waals surface area contributed by atoms with Crippen LogP contribution in [0.5, 0.6) is 5.75 Å². The highest BCUT2D eigenvalue weighted by Crippen LogP contribution is 2.37. The number of hydrogen-bond acceptors (Lipinski definition) is 4. The molecule has 7 nitrogen and oxygen atoms in total. The highest BCUT2D eigenvalue weighted by atomic mass is 16.5. The van der Waals surface area contributed by atoms with Gasteiger partial charge in [0.1, 0.15) is 5.75 Å². The third-order valence-electron chi connectivity index (χ3n) is 6.82. The molecule has 1 aliphatic rings. The van der Waals surface area contributed by atoms with E-state index in [-0.39, 0.29) is 17.4 Å². The number of methoxy groups -OCH3 is 1. The molecule has 0 radical (unpaired) electrons. The van der Waals surface area contributed by atoms with Gasteiger partial charge in [-0.05, 0) is 54.0 Å². The van der Waals surface area contributed by atoms with Gasteiger partial charge in [0, 0.05) is 38.2 Å². The summed E-state index contributed by atoms with van der Waals surface area (Å²) in [5, 5.41) is 5.62. The minimum atomic E-state index is -0.169. The molecule has 0 aliphatic carbocycles. The van der Waals surface area contributed by atoms with Crippen LogP contribution in [0.3, 0.4) is 0 Å². The van der Waals surface area contributed by atoms with E-state index in [1.165, 1.54) is 5.56 Å². The largest absolute Gasteiger partial charge is 0.496 e. The first-order valence-electron chi connectivity index (χ1n) is 13.0. The number of nitrogens with one attached hydrogen (secondary N) is 2. The van der Waals surface area contributed by atoms with Crippen LogP contribution in [0.1, 0.15) is 57.6 Å². The molecule has 1 fully saturated rings. The molecule has 36 heavy (non-hydrogen) atoms. The highest BCUT2D eigenvalue weighted by Gasteiger charge is 2.23. The molecular weight excluding hydrogens is 454 g/mol. The van der Waals surface area contributed by atoms with Gasteiger partial charge in [0.25, 0.3) is 0 Å². The Kier molecular flexibility index (Phi) is 10.2. The van der Waals surface area contributed by atoms with Gasteiger partial charge in [-0.3, -0.25) is 4.79 Å². The molecule has 7 heteroatoms. The van der Waals surface area contributed by atoms with Crippen LogP contribution in [0, 0.1) is 0 Å². The van der Waals surface area contributed by atoms with Crippen molar-refractivity contribution >= 4 is 11.9 Å². The average molecular weight is 496 g/mol. The maximum Gasteiger partial charge on any atom is 0.315 e. The molecule has 0 bridgehead atoms. The lowest BCUT2D eigenvalue weighted by atomic mass is 9.79. The van der Waals surface area contributed by atoms with Gasteiger partial charge in [0.15, 0.2) is 0 Å². The van der Waals surface area contributed by atoms with Crippen LogP contribution in [-0.4, -0.2) is 56.8 Å². The van der Waals surface area contributed by atoms with Crippen molar-refractivity contribution in [3.05, 3.63) is 53.6 Å². The van der Waals surface area contributed by atoms with E-state index in [1.807, 2.05) is 24.0 Å². The molecular formula is C29H41N3O4. The van der Waals surface area contributed by atoms with Crippen LogP contribution in [-0.2, 0) is 21.5 Å². The quantitative estimate of drug-likeness (QED) is 0.436. The number of nitrogens with zero attached hydrogens (tertiary/aromatic N) is 1. The molecule has 3 rings (SSSR count). The number of hydrogen-bond donors (Lipinski definition) is 2. The zero-order valence-corrected chi connectivity index (χ0v) is 22.2. The second kappa shape index (κ2) is 13.3. The predicted octanol–water partition coefficient (Wildman–Crippen LogP) is 4.88. The van der Waals surface area contributed by atoms with Crippen LogP contribution < -0.4 is 15.4 Å². The lowest BCUT2D eigenvalue weighted by Gasteiger charge is -2.28. The molecule has 1 heterocycles. The van der Waals surface area contributed by atoms with Gasteiger partial charge in [-0.25, -0.2) is 4.79 Å². The Morgan fingerprint density at radius 1 is 1.06 bits per heavy atom. The van der Waals surface area contributed by atoms with E-state index in [0.717, 1.165) is 41.7 Å². The van der Waals surface area contributed by atoms with Crippen molar-refractivity contribution < 1.29 is 19.1 Å². The van der Waals surface area contributed by atoms with Gasteiger partial charge in [0.2, 0.25) is 5.91 Å². The van der Waals surface area contributed by atoms with E-state index in [9.17, 15) is 9.59 Å². The first-order chi connectivity index (χ1) is 17.3. The standard InChI is InChI=1S/C29H41N3O4/c1-5-30-28(34)31-21-22-9-8-10-23(19-22)25-13-12-24(20-26(25)35-4)29(2,3)14-7-6-11-27(33)32-15-17-36-18-16-32/h8-10,12-13,19-20H,5-7,11,14-18,21H2,1-4H3,(H2,30,31,34). The topological polar surface area (TPSA) is 79.9 Å². The van der Waals surface area contributed by atoms with Crippen molar-refractivity contribution in [3.8, 4) is 16.9 Å². The summed E-state index contributed by atoms with van der Waals surface area (Å²) in [4.78, 5) is 26.1. The smallest absolute Gasteiger partial charge is 0.315 e. The normalized spacial score (nSPS) is 13.8. The molecule has 196 valence electrons. The average Bonchev–Trinajstić information content (AvgIpc) is 2.90. The molecule has 0 unspecified atom stereocenters. The van der Waals surface area contributed by atoms with Crippen LogP contribution in [0.15, 0.2) is 42.5 Å². The van der Waals surface area contributed by atoms with E-state index in [1.54, 1.807) is 7.11 Å². The molecule has 0 spiro atoms. The fourth-order valence-corrected chi connectivity index (χ4v) is 4.56. The Labute approximate surface area is 215 Å². The Bertz CT molecular complexity index is 1020. The predicted molar refractivity (Wildman–Crippen MR) is 143 cm³/mol. The summed E-state index contributed by atoms with van der Waals surface area (Å²) in [6.07, 6.45) is 3.48. The number of carbonyl (C=O) groups is 2. The summed E-state index contributed by atoms with van der Waals surface area (Å²) in [7, 11) is 1.70. The van der Waals surface area contributed by atoms with E-state index in [4.69, 9.17) is 9.47 Å². The van der Waals surface area contributed by atoms with Gasteiger partial charge < -0.3 is 25.0 Å². The third-order valence-corrected chi connectivity index (χ3v) is 6.82. The lowest BCUT2D eigenvalue weighted by molar-refractivity contribution is -0.135. The lowest BCUT2D eigenvalue weighted by Crippen LogP contribution is -2.40. The Hall–Kier alpha value is -3.06. The van der Waals surface area contributed by atoms with Crippen molar-refractivity contribution in [3.63, 3.8) is 0 Å². The molecule has 0 aromatic heterocycles. The second-order valence-corrected chi connectivity index (χ2v) is 9.91. The van der Waals surface area contributed by atoms with Crippen LogP contribution >= 0.6 is 0 Å². The van der Waals surface area contributed by atoms with E-state index >= 15 is 0 Å². The number of morpholine rings is 1. The summed E-state index contributed by atoms with van der Waals surface area (Å²) in [5.41, 5.74) is 4.28. The number of carbonyl (C=O) groups excluding carboxylic acids is 2. The summed E-state index contributed by atoms with van der Waals surface area (Å²) in [6.45, 7) is 10.2. The monoisotopic (exact) mass is 495 g/mol. The second-order valence-electron chi connectivity index (χ2n) is 9.91. The van der Waals surface area contributed by atoms with E-state index in [2.05, 4.69) is 54.8 Å². The van der Waals surface area contributed by atoms with Crippen LogP contribution in [0.25, 0.3) is 11.1 Å². The first-order valence-corrected chi connectivity index (χ1v) is 13.0. The summed E-state index contributed by atoms with van der Waals surface area (Å²) >= 11 is 0. The van der Waals surface area contributed by atoms with Gasteiger partial charge in [0.05, 0.1) is 20.3 Å². The van der Waals surface area contributed by atoms with Gasteiger partial charge in [-0.1, -0.05) is 50.6 Å². The van der Waals surface area contributed by atoms with Crippen molar-refractivity contribution in [2.75, 3.05) is 40.0 Å². The van der Waals surface area contributed by atoms with Crippen molar-refractivity contribution in [1.82, 2.24) is 15.5 Å². The Balaban J connectivity index is 1.61. The molecule has 0 saturated carbocycles. The summed E-state index contributed by atoms with van der Waals surface area (Å²) < 4.78 is 11.1. The molecule has 2 N–H and O–H groups in total. The molecule has 2 aromatic rings. The summed E-state index contributed by atoms with van der Waals surface area (Å²) in [6, 6.07) is 14.4. The zero-order valence-electron chi connectivity index (χ0n) is 22.2. The highest BCUT2D eigenvalue weighted by molar-refractivity contribution is 5.76. The number of amides is 3. The van der Waals surface area contributed by atoms with Crippen LogP contribution in [0.4, 0.5) is 4.79 Å². The van der Waals surface area contributed by atoms with Crippen molar-refractivity contribution in [1.29, 1.82) is 0 Å². The SMILES string of the molecule is CCNC(=O)NCc1cccc(-c2ccc(C(C)(C)CCCCC(=O)N3CCOCC3)cc2OC)c1. The summed E-state index contributed by atoms with van der Waals surface area (Å²) in [5.74, 6) is 1.07. The number of rotatable bonds is 11. The maximum atomic E-state index is 12.4. The first kappa shape index (κ1) is 27.5. The van der Waals surface area contributed by atoms with Gasteiger partial charge >= 0.3 is 6.03 Å². The fourth-order valence-electron chi connectivity index (χ4n) is 4.56. The Morgan fingerprint density at radius 3 is 2.56 bits per heavy atom. The third kappa shape index (κ3) is 7.72. The zero-order chi connectivity index (χ0) is 26.0. The molecule has 0 atom stereocenters. The van der Waals surface area contributed by atoms with Crippen LogP contribution in [0.2, 0.25) is 0 Å². The molecule has 2 aromatic carbocycles. The number of ether oxygens (including phenoxy) is 2. The number of benzene rings is 2. The molecule has 1 aliphatic heterocycles. The van der Waals surface area contributed by atoms with E-state index < -0.39 is 0 Å². The van der Waals surface area contributed by atoms with E-state index in [0.29, 0.717) is 45.8 Å². The van der Waals surface area contributed by atoms with Gasteiger partial charge in [-0.15, -0.1) is 0 Å². The number of unbranched alkanes of at least 4 members (excludes halogenated alkanes) is 1. The Morgan fingerprint density at radius 2 is 1.83 bits per heavy atom. The minimum Gasteiger partial charge on any atom is -0.496 e. The molecule has 1 saturated heterocycles. The maximum absolute atomic E-state index is 12.4. The van der Waals surface area contributed by atoms with Crippen molar-refractivity contribution in [2.24, 2.45) is 0 Å². The fraction of sp³-hybridized carbons (Fsp3) is 0.517. The molecule has 3 amide bonds. The van der Waals surface area contributed by atoms with Gasteiger partial charge in [-0.2, -0.15) is 0 Å². The van der Waals surface area contributed by atoms with Crippen molar-refractivity contribution in [2.45, 2.75) is 58.4 Å². The minimum absolute atomic E-state index is 0.0355. The number of urea groups is 1.